The number of hydrogen-bond acceptors (Lipinski definition) is 4. The van der Waals surface area contributed by atoms with Crippen LogP contribution in [0.15, 0.2) is 186 Å². The molecule has 0 bridgehead atoms. The van der Waals surface area contributed by atoms with Gasteiger partial charge in [-0.15, -0.1) is 0 Å². The average Bonchev–Trinajstić information content (AvgIpc) is 3.78. The average molecular weight is 850 g/mol. The zero-order valence-electron chi connectivity index (χ0n) is 38.1. The second-order valence-electron chi connectivity index (χ2n) is 20.4. The molecule has 11 aromatic rings. The zero-order chi connectivity index (χ0) is 44.6. The van der Waals surface area contributed by atoms with Gasteiger partial charge >= 0.3 is 0 Å². The van der Waals surface area contributed by atoms with E-state index in [1.807, 2.05) is 24.3 Å². The summed E-state index contributed by atoms with van der Waals surface area (Å²) in [6, 6.07) is 67.8. The van der Waals surface area contributed by atoms with Gasteiger partial charge in [-0.1, -0.05) is 175 Å². The minimum Gasteiger partial charge on any atom is -0.436 e. The molecule has 0 amide bonds. The van der Waals surface area contributed by atoms with Crippen molar-refractivity contribution in [1.82, 2.24) is 4.98 Å². The largest absolute Gasteiger partial charge is 0.436 e. The Morgan fingerprint density at radius 1 is 0.439 bits per heavy atom. The minimum atomic E-state index is -0.0837. The second-order valence-corrected chi connectivity index (χ2v) is 20.4. The van der Waals surface area contributed by atoms with Gasteiger partial charge in [0.25, 0.3) is 6.71 Å². The maximum Gasteiger partial charge on any atom is 0.252 e. The Kier molecular flexibility index (Phi) is 8.19. The lowest BCUT2D eigenvalue weighted by Crippen LogP contribution is -2.61. The number of hydrogen-bond donors (Lipinski definition) is 0. The first-order valence-electron chi connectivity index (χ1n) is 23.2. The monoisotopic (exact) mass is 849 g/mol. The van der Waals surface area contributed by atoms with Gasteiger partial charge in [-0.2, -0.15) is 0 Å². The van der Waals surface area contributed by atoms with E-state index in [0.29, 0.717) is 5.89 Å². The maximum absolute atomic E-state index is 6.71. The summed E-state index contributed by atoms with van der Waals surface area (Å²) in [6.45, 7) is 13.6. The topological polar surface area (TPSA) is 32.5 Å². The summed E-state index contributed by atoms with van der Waals surface area (Å²) >= 11 is 0. The molecule has 0 N–H and O–H groups in total. The van der Waals surface area contributed by atoms with Crippen LogP contribution in [0.3, 0.4) is 0 Å². The van der Waals surface area contributed by atoms with Crippen molar-refractivity contribution in [2.24, 2.45) is 0 Å². The van der Waals surface area contributed by atoms with Gasteiger partial charge in [-0.25, -0.2) is 4.98 Å². The van der Waals surface area contributed by atoms with Crippen LogP contribution in [-0.4, -0.2) is 11.7 Å². The predicted molar refractivity (Wildman–Crippen MR) is 281 cm³/mol. The molecule has 0 spiro atoms. The first kappa shape index (κ1) is 38.8. The summed E-state index contributed by atoms with van der Waals surface area (Å²) in [5.74, 6) is 0.599. The van der Waals surface area contributed by atoms with Crippen LogP contribution in [-0.2, 0) is 10.8 Å². The number of oxazole rings is 1. The van der Waals surface area contributed by atoms with Crippen LogP contribution in [0.1, 0.15) is 52.7 Å². The van der Waals surface area contributed by atoms with Crippen molar-refractivity contribution >= 4 is 111 Å². The number of nitrogens with zero attached hydrogens (tertiary/aromatic N) is 3. The molecule has 0 aliphatic carbocycles. The first-order chi connectivity index (χ1) is 32.0. The van der Waals surface area contributed by atoms with Gasteiger partial charge < -0.3 is 14.2 Å². The van der Waals surface area contributed by atoms with E-state index in [4.69, 9.17) is 9.40 Å². The van der Waals surface area contributed by atoms with Gasteiger partial charge in [0.2, 0.25) is 5.89 Å². The third-order valence-electron chi connectivity index (χ3n) is 14.4. The highest BCUT2D eigenvalue weighted by Gasteiger charge is 2.45. The van der Waals surface area contributed by atoms with Crippen LogP contribution < -0.4 is 26.2 Å². The molecule has 0 fully saturated rings. The molecule has 10 aromatic carbocycles. The first-order valence-corrected chi connectivity index (χ1v) is 23.2. The van der Waals surface area contributed by atoms with E-state index in [1.54, 1.807) is 0 Å². The Balaban J connectivity index is 1.19. The van der Waals surface area contributed by atoms with E-state index in [9.17, 15) is 0 Å². The van der Waals surface area contributed by atoms with Crippen molar-refractivity contribution in [2.75, 3.05) is 9.80 Å². The van der Waals surface area contributed by atoms with E-state index in [-0.39, 0.29) is 17.5 Å². The summed E-state index contributed by atoms with van der Waals surface area (Å²) in [5, 5.41) is 9.89. The SMILES string of the molecule is CC(C)(C)c1ccc(N2c3cc(-c4nc5ccccc5o4)cc4c3B(c3ccc5c(ccc6ccccc65)c32)c2ccc3c(ccc5ccccc53)c2N4c2ccc(C(C)(C)C)cc2)cc1. The highest BCUT2D eigenvalue weighted by Crippen LogP contribution is 2.50. The fourth-order valence-corrected chi connectivity index (χ4v) is 11.0. The minimum absolute atomic E-state index is 0.00192. The molecule has 2 aliphatic rings. The summed E-state index contributed by atoms with van der Waals surface area (Å²) < 4.78 is 6.71. The van der Waals surface area contributed by atoms with E-state index < -0.39 is 0 Å². The second kappa shape index (κ2) is 13.9. The van der Waals surface area contributed by atoms with Crippen LogP contribution in [0, 0.1) is 0 Å². The summed E-state index contributed by atoms with van der Waals surface area (Å²) in [6.07, 6.45) is 0. The molecule has 0 saturated heterocycles. The standard InChI is InChI=1S/C61H48BN3O/c1-60(2,3)40-21-25-42(26-22-40)64-53-35-39(59-63-52-17-11-12-18-55(52)66-59)36-54-56(53)62(50-33-31-46-44-15-9-7-13-37(44)19-29-48(46)57(50)64)51-34-32-47-45-16-10-8-14-38(45)20-30-49(47)58(51)65(54)43-27-23-41(24-28-43)61(4,5)6/h7-36H,1-6H3. The molecule has 5 heteroatoms. The molecule has 0 radical (unpaired) electrons. The number of rotatable bonds is 3. The molecule has 2 aliphatic heterocycles. The third kappa shape index (κ3) is 5.75. The number of benzene rings is 10. The molecule has 4 nitrogen and oxygen atoms in total. The Labute approximate surface area is 385 Å². The summed E-state index contributed by atoms with van der Waals surface area (Å²) in [5.41, 5.74) is 15.8. The van der Waals surface area contributed by atoms with Gasteiger partial charge in [0.15, 0.2) is 5.58 Å². The number of para-hydroxylation sites is 2. The van der Waals surface area contributed by atoms with Gasteiger partial charge in [0, 0.05) is 50.5 Å². The maximum atomic E-state index is 6.71. The lowest BCUT2D eigenvalue weighted by molar-refractivity contribution is 0.590. The van der Waals surface area contributed by atoms with Crippen molar-refractivity contribution < 1.29 is 4.42 Å². The molecule has 0 atom stereocenters. The molecule has 1 aromatic heterocycles. The van der Waals surface area contributed by atoms with Crippen molar-refractivity contribution in [1.29, 1.82) is 0 Å². The fourth-order valence-electron chi connectivity index (χ4n) is 11.0. The van der Waals surface area contributed by atoms with Crippen molar-refractivity contribution in [3.63, 3.8) is 0 Å². The lowest BCUT2D eigenvalue weighted by atomic mass is 9.33. The van der Waals surface area contributed by atoms with E-state index >= 15 is 0 Å². The van der Waals surface area contributed by atoms with Crippen LogP contribution >= 0.6 is 0 Å². The highest BCUT2D eigenvalue weighted by atomic mass is 16.3. The Hall–Kier alpha value is -7.63. The molecule has 0 unspecified atom stereocenters. The Morgan fingerprint density at radius 3 is 1.38 bits per heavy atom. The number of anilines is 6. The van der Waals surface area contributed by atoms with E-state index in [2.05, 4.69) is 209 Å². The summed E-state index contributed by atoms with van der Waals surface area (Å²) in [4.78, 5) is 10.3. The van der Waals surface area contributed by atoms with Crippen molar-refractivity contribution in [3.8, 4) is 11.5 Å². The molecular formula is C61H48BN3O. The van der Waals surface area contributed by atoms with Crippen LogP contribution in [0.4, 0.5) is 34.1 Å². The van der Waals surface area contributed by atoms with Crippen molar-refractivity contribution in [3.05, 3.63) is 193 Å². The zero-order valence-corrected chi connectivity index (χ0v) is 38.1. The number of aromatic nitrogens is 1. The van der Waals surface area contributed by atoms with Gasteiger partial charge in [0.05, 0.1) is 0 Å². The Bertz CT molecular complexity index is 3550. The summed E-state index contributed by atoms with van der Waals surface area (Å²) in [7, 11) is 0. The smallest absolute Gasteiger partial charge is 0.252 e. The normalized spacial score (nSPS) is 13.5. The molecular weight excluding hydrogens is 802 g/mol. The van der Waals surface area contributed by atoms with Gasteiger partial charge in [-0.3, -0.25) is 0 Å². The Morgan fingerprint density at radius 2 is 0.894 bits per heavy atom. The van der Waals surface area contributed by atoms with Gasteiger partial charge in [0.1, 0.15) is 5.52 Å². The third-order valence-corrected chi connectivity index (χ3v) is 14.4. The van der Waals surface area contributed by atoms with Crippen LogP contribution in [0.5, 0.6) is 0 Å². The molecule has 316 valence electrons. The van der Waals surface area contributed by atoms with E-state index in [0.717, 1.165) is 39.4 Å². The van der Waals surface area contributed by atoms with E-state index in [1.165, 1.54) is 82.0 Å². The van der Waals surface area contributed by atoms with Gasteiger partial charge in [-0.05, 0) is 119 Å². The molecule has 13 rings (SSSR count). The van der Waals surface area contributed by atoms with Crippen molar-refractivity contribution in [2.45, 2.75) is 52.4 Å². The molecule has 3 heterocycles. The highest BCUT2D eigenvalue weighted by molar-refractivity contribution is 7.00. The molecule has 0 saturated carbocycles. The van der Waals surface area contributed by atoms with Crippen LogP contribution in [0.25, 0.3) is 65.6 Å². The predicted octanol–water partition coefficient (Wildman–Crippen LogP) is 14.8. The van der Waals surface area contributed by atoms with Crippen LogP contribution in [0.2, 0.25) is 0 Å². The fraction of sp³-hybridized carbons (Fsp3) is 0.131. The lowest BCUT2D eigenvalue weighted by Gasteiger charge is -2.45. The quantitative estimate of drug-likeness (QED) is 0.131. The molecule has 66 heavy (non-hydrogen) atoms. The number of fused-ring (bicyclic) bond motifs is 13.